The molecule has 9 nitrogen and oxygen atoms in total. The zero-order valence-electron chi connectivity index (χ0n) is 20.7. The molecule has 0 unspecified atom stereocenters. The van der Waals surface area contributed by atoms with Gasteiger partial charge in [-0.3, -0.25) is 15.3 Å². The van der Waals surface area contributed by atoms with Gasteiger partial charge in [-0.1, -0.05) is 60.7 Å². The summed E-state index contributed by atoms with van der Waals surface area (Å²) in [4.78, 5) is 36.4. The molecule has 0 bridgehead atoms. The number of benzene rings is 3. The Bertz CT molecular complexity index is 1240. The van der Waals surface area contributed by atoms with Crippen molar-refractivity contribution in [2.24, 2.45) is 0 Å². The van der Waals surface area contributed by atoms with Crippen LogP contribution < -0.4 is 5.32 Å². The second-order valence-corrected chi connectivity index (χ2v) is 8.62. The number of carbonyl (C=O) groups is 3. The van der Waals surface area contributed by atoms with Gasteiger partial charge in [-0.05, 0) is 49.0 Å². The topological polar surface area (TPSA) is 119 Å². The molecule has 0 fully saturated rings. The Morgan fingerprint density at radius 1 is 0.892 bits per heavy atom. The molecule has 2 amide bonds. The fourth-order valence-corrected chi connectivity index (χ4v) is 3.74. The van der Waals surface area contributed by atoms with Crippen molar-refractivity contribution >= 4 is 34.4 Å². The maximum atomic E-state index is 12.3. The van der Waals surface area contributed by atoms with Gasteiger partial charge in [-0.15, -0.1) is 0 Å². The summed E-state index contributed by atoms with van der Waals surface area (Å²) in [5.41, 5.74) is 2.68. The molecule has 0 spiro atoms. The van der Waals surface area contributed by atoms with E-state index in [1.54, 1.807) is 0 Å². The monoisotopic (exact) mass is 505 g/mol. The van der Waals surface area contributed by atoms with Crippen molar-refractivity contribution in [1.29, 1.82) is 0 Å². The first-order chi connectivity index (χ1) is 17.8. The normalized spacial score (nSPS) is 11.1. The second kappa shape index (κ2) is 13.8. The lowest BCUT2D eigenvalue weighted by Crippen LogP contribution is -2.27. The number of ether oxygens (including phenoxy) is 1. The van der Waals surface area contributed by atoms with Crippen LogP contribution in [0.5, 0.6) is 0 Å². The van der Waals surface area contributed by atoms with Crippen molar-refractivity contribution in [1.82, 2.24) is 9.96 Å². The molecule has 0 aliphatic carbocycles. The van der Waals surface area contributed by atoms with Crippen molar-refractivity contribution in [2.75, 3.05) is 25.5 Å². The first-order valence-corrected chi connectivity index (χ1v) is 11.9. The van der Waals surface area contributed by atoms with Crippen LogP contribution in [-0.4, -0.2) is 58.4 Å². The predicted molar refractivity (Wildman–Crippen MR) is 140 cm³/mol. The third-order valence-electron chi connectivity index (χ3n) is 5.65. The van der Waals surface area contributed by atoms with Gasteiger partial charge < -0.3 is 14.7 Å². The Kier molecular flexibility index (Phi) is 10.2. The van der Waals surface area contributed by atoms with E-state index in [-0.39, 0.29) is 13.2 Å². The highest BCUT2D eigenvalue weighted by atomic mass is 16.5. The maximum Gasteiger partial charge on any atom is 0.411 e. The van der Waals surface area contributed by atoms with Gasteiger partial charge in [0.05, 0.1) is 5.69 Å². The second-order valence-electron chi connectivity index (χ2n) is 8.62. The van der Waals surface area contributed by atoms with Gasteiger partial charge in [0, 0.05) is 30.6 Å². The van der Waals surface area contributed by atoms with Crippen LogP contribution in [0.25, 0.3) is 10.8 Å². The molecule has 3 N–H and O–H groups in total. The van der Waals surface area contributed by atoms with E-state index in [0.717, 1.165) is 40.9 Å². The smallest absolute Gasteiger partial charge is 0.411 e. The molecule has 0 aromatic heterocycles. The number of hydrogen-bond donors (Lipinski definition) is 3. The molecule has 37 heavy (non-hydrogen) atoms. The van der Waals surface area contributed by atoms with E-state index < -0.39 is 18.0 Å². The molecule has 3 rings (SSSR count). The van der Waals surface area contributed by atoms with E-state index in [1.165, 1.54) is 0 Å². The standard InChI is InChI=1S/C28H31N3O6/c1-30(17-4-5-18-31(36)26(32)15-16-27(33)34)19-21-11-13-22(14-12-21)20-37-28(35)29-25-10-6-8-23-7-2-3-9-24(23)25/h2-3,6-16,36H,4-5,17-20H2,1H3,(H,29,35)(H,33,34). The largest absolute Gasteiger partial charge is 0.478 e. The number of hydroxylamine groups is 2. The molecule has 0 saturated carbocycles. The highest BCUT2D eigenvalue weighted by molar-refractivity contribution is 6.00. The van der Waals surface area contributed by atoms with E-state index in [1.807, 2.05) is 73.8 Å². The number of amides is 2. The van der Waals surface area contributed by atoms with Gasteiger partial charge in [0.15, 0.2) is 0 Å². The number of carboxylic acids is 1. The molecule has 3 aromatic carbocycles. The minimum atomic E-state index is -1.24. The quantitative estimate of drug-likeness (QED) is 0.142. The van der Waals surface area contributed by atoms with Gasteiger partial charge >= 0.3 is 12.1 Å². The maximum absolute atomic E-state index is 12.3. The highest BCUT2D eigenvalue weighted by Crippen LogP contribution is 2.23. The van der Waals surface area contributed by atoms with Crippen molar-refractivity contribution in [3.05, 3.63) is 90.0 Å². The van der Waals surface area contributed by atoms with E-state index >= 15 is 0 Å². The summed E-state index contributed by atoms with van der Waals surface area (Å²) < 4.78 is 5.39. The molecule has 0 aliphatic heterocycles. The molecular weight excluding hydrogens is 474 g/mol. The van der Waals surface area contributed by atoms with E-state index in [0.29, 0.717) is 29.8 Å². The number of unbranched alkanes of at least 4 members (excludes halogenated alkanes) is 1. The van der Waals surface area contributed by atoms with Crippen molar-refractivity contribution in [2.45, 2.75) is 26.0 Å². The summed E-state index contributed by atoms with van der Waals surface area (Å²) >= 11 is 0. The van der Waals surface area contributed by atoms with Gasteiger partial charge in [-0.25, -0.2) is 14.7 Å². The number of nitrogens with zero attached hydrogens (tertiary/aromatic N) is 2. The summed E-state index contributed by atoms with van der Waals surface area (Å²) in [5, 5.41) is 23.5. The average Bonchev–Trinajstić information content (AvgIpc) is 2.89. The number of rotatable bonds is 12. The highest BCUT2D eigenvalue weighted by Gasteiger charge is 2.09. The molecule has 9 heteroatoms. The van der Waals surface area contributed by atoms with Gasteiger partial charge in [0.1, 0.15) is 6.61 Å². The SMILES string of the molecule is CN(CCCCN(O)C(=O)C=CC(=O)O)Cc1ccc(COC(=O)Nc2cccc3ccccc23)cc1. The first-order valence-electron chi connectivity index (χ1n) is 11.9. The number of carbonyl (C=O) groups excluding carboxylic acids is 2. The van der Waals surface area contributed by atoms with Crippen LogP contribution in [-0.2, 0) is 27.5 Å². The Morgan fingerprint density at radius 2 is 1.57 bits per heavy atom. The molecule has 0 heterocycles. The van der Waals surface area contributed by atoms with Gasteiger partial charge in [0.25, 0.3) is 5.91 Å². The van der Waals surface area contributed by atoms with Crippen LogP contribution in [0.3, 0.4) is 0 Å². The third-order valence-corrected chi connectivity index (χ3v) is 5.65. The molecule has 3 aromatic rings. The van der Waals surface area contributed by atoms with Gasteiger partial charge in [0.2, 0.25) is 0 Å². The Balaban J connectivity index is 1.36. The number of fused-ring (bicyclic) bond motifs is 1. The van der Waals surface area contributed by atoms with Crippen LogP contribution in [0.4, 0.5) is 10.5 Å². The number of carboxylic acid groups (broad SMARTS) is 1. The van der Waals surface area contributed by atoms with Crippen LogP contribution >= 0.6 is 0 Å². The van der Waals surface area contributed by atoms with Crippen molar-refractivity contribution < 1.29 is 29.4 Å². The lowest BCUT2D eigenvalue weighted by molar-refractivity contribution is -0.159. The molecule has 194 valence electrons. The molecule has 0 radical (unpaired) electrons. The molecule has 0 atom stereocenters. The number of anilines is 1. The zero-order chi connectivity index (χ0) is 26.6. The molecule has 0 aliphatic rings. The van der Waals surface area contributed by atoms with E-state index in [2.05, 4.69) is 10.2 Å². The number of aliphatic carboxylic acids is 1. The Hall–Kier alpha value is -4.21. The fraction of sp³-hybridized carbons (Fsp3) is 0.250. The number of nitrogens with one attached hydrogen (secondary N) is 1. The lowest BCUT2D eigenvalue weighted by atomic mass is 10.1. The summed E-state index contributed by atoms with van der Waals surface area (Å²) in [7, 11) is 1.98. The molecular formula is C28H31N3O6. The van der Waals surface area contributed by atoms with E-state index in [4.69, 9.17) is 9.84 Å². The van der Waals surface area contributed by atoms with Crippen LogP contribution in [0.2, 0.25) is 0 Å². The molecule has 0 saturated heterocycles. The zero-order valence-corrected chi connectivity index (χ0v) is 20.7. The van der Waals surface area contributed by atoms with Crippen LogP contribution in [0, 0.1) is 0 Å². The Labute approximate surface area is 215 Å². The minimum Gasteiger partial charge on any atom is -0.478 e. The Morgan fingerprint density at radius 3 is 2.32 bits per heavy atom. The van der Waals surface area contributed by atoms with Crippen LogP contribution in [0.15, 0.2) is 78.9 Å². The van der Waals surface area contributed by atoms with Crippen molar-refractivity contribution in [3.63, 3.8) is 0 Å². The first kappa shape index (κ1) is 27.4. The summed E-state index contributed by atoms with van der Waals surface area (Å²) in [6, 6.07) is 21.4. The summed E-state index contributed by atoms with van der Waals surface area (Å²) in [5.74, 6) is -2.00. The van der Waals surface area contributed by atoms with Crippen LogP contribution in [0.1, 0.15) is 24.0 Å². The van der Waals surface area contributed by atoms with Gasteiger partial charge in [-0.2, -0.15) is 0 Å². The summed E-state index contributed by atoms with van der Waals surface area (Å²) in [6.45, 7) is 1.75. The average molecular weight is 506 g/mol. The van der Waals surface area contributed by atoms with Crippen molar-refractivity contribution in [3.8, 4) is 0 Å². The minimum absolute atomic E-state index is 0.124. The number of hydrogen-bond acceptors (Lipinski definition) is 6. The predicted octanol–water partition coefficient (Wildman–Crippen LogP) is 4.66. The fourth-order valence-electron chi connectivity index (χ4n) is 3.74. The lowest BCUT2D eigenvalue weighted by Gasteiger charge is -2.18. The van der Waals surface area contributed by atoms with E-state index in [9.17, 15) is 19.6 Å². The summed E-state index contributed by atoms with van der Waals surface area (Å²) in [6.07, 6.45) is 2.32. The third kappa shape index (κ3) is 9.06.